The van der Waals surface area contributed by atoms with Gasteiger partial charge in [-0.3, -0.25) is 4.90 Å². The Balaban J connectivity index is 1.55. The topological polar surface area (TPSA) is 77.0 Å². The van der Waals surface area contributed by atoms with Crippen LogP contribution in [0.5, 0.6) is 5.75 Å². The molecular weight excluding hydrogens is 506 g/mol. The summed E-state index contributed by atoms with van der Waals surface area (Å²) in [4.78, 5) is 16.6. The summed E-state index contributed by atoms with van der Waals surface area (Å²) in [6, 6.07) is 16.0. The predicted octanol–water partition coefficient (Wildman–Crippen LogP) is 5.55. The van der Waals surface area contributed by atoms with Crippen LogP contribution in [0.15, 0.2) is 54.6 Å². The van der Waals surface area contributed by atoms with Crippen molar-refractivity contribution in [2.45, 2.75) is 51.0 Å². The second-order valence-electron chi connectivity index (χ2n) is 10.9. The minimum Gasteiger partial charge on any atom is -0.493 e. The Hall–Kier alpha value is -3.79. The van der Waals surface area contributed by atoms with Crippen molar-refractivity contribution in [2.75, 3.05) is 36.7 Å². The number of ether oxygens (including phenoxy) is 3. The van der Waals surface area contributed by atoms with E-state index in [1.165, 1.54) is 18.1 Å². The number of aromatic nitrogens is 2. The molecule has 39 heavy (non-hydrogen) atoms. The lowest BCUT2D eigenvalue weighted by atomic mass is 9.93. The molecule has 0 N–H and O–H groups in total. The predicted molar refractivity (Wildman–Crippen MR) is 143 cm³/mol. The number of carbonyl (C=O) groups excluding carboxylic acids is 1. The SMILES string of the molecule is COc1c(F)cccc1-c1cc2c(nn1)N(C(=O)OC(C)(C)C)C[C@]1(CF)C[C@@H](OCc3ccccc3)CN21. The zero-order chi connectivity index (χ0) is 27.8. The average molecular weight is 539 g/mol. The van der Waals surface area contributed by atoms with Crippen LogP contribution in [-0.4, -0.2) is 60.4 Å². The van der Waals surface area contributed by atoms with Gasteiger partial charge in [-0.25, -0.2) is 13.6 Å². The molecule has 1 fully saturated rings. The summed E-state index contributed by atoms with van der Waals surface area (Å²) in [5.41, 5.74) is 0.404. The van der Waals surface area contributed by atoms with Crippen molar-refractivity contribution in [3.8, 4) is 17.0 Å². The highest BCUT2D eigenvalue weighted by molar-refractivity contribution is 5.94. The molecule has 3 heterocycles. The number of halogens is 2. The van der Waals surface area contributed by atoms with Gasteiger partial charge in [-0.2, -0.15) is 0 Å². The van der Waals surface area contributed by atoms with E-state index < -0.39 is 29.7 Å². The molecule has 3 aromatic rings. The highest BCUT2D eigenvalue weighted by Crippen LogP contribution is 2.47. The van der Waals surface area contributed by atoms with Crippen molar-refractivity contribution in [3.05, 3.63) is 66.0 Å². The van der Waals surface area contributed by atoms with Crippen molar-refractivity contribution in [2.24, 2.45) is 0 Å². The molecule has 2 aliphatic rings. The zero-order valence-electron chi connectivity index (χ0n) is 22.5. The largest absolute Gasteiger partial charge is 0.493 e. The first kappa shape index (κ1) is 26.8. The summed E-state index contributed by atoms with van der Waals surface area (Å²) in [6.45, 7) is 5.36. The van der Waals surface area contributed by atoms with Crippen LogP contribution < -0.4 is 14.5 Å². The number of para-hydroxylation sites is 1. The lowest BCUT2D eigenvalue weighted by Crippen LogP contribution is -2.60. The number of rotatable bonds is 6. The molecule has 0 bridgehead atoms. The van der Waals surface area contributed by atoms with Gasteiger partial charge in [-0.1, -0.05) is 36.4 Å². The highest BCUT2D eigenvalue weighted by Gasteiger charge is 2.53. The van der Waals surface area contributed by atoms with Crippen LogP contribution in [0, 0.1) is 5.82 Å². The summed E-state index contributed by atoms with van der Waals surface area (Å²) >= 11 is 0. The van der Waals surface area contributed by atoms with Crippen molar-refractivity contribution in [3.63, 3.8) is 0 Å². The van der Waals surface area contributed by atoms with E-state index in [9.17, 15) is 9.18 Å². The molecule has 0 radical (unpaired) electrons. The Kier molecular flexibility index (Phi) is 7.15. The van der Waals surface area contributed by atoms with Gasteiger partial charge in [0.2, 0.25) is 0 Å². The summed E-state index contributed by atoms with van der Waals surface area (Å²) in [5, 5.41) is 8.67. The molecule has 1 saturated heterocycles. The molecule has 0 spiro atoms. The number of amides is 1. The van der Waals surface area contributed by atoms with Crippen molar-refractivity contribution < 1.29 is 27.8 Å². The van der Waals surface area contributed by atoms with Gasteiger partial charge in [-0.05, 0) is 44.5 Å². The maximum absolute atomic E-state index is 15.0. The third-order valence-electron chi connectivity index (χ3n) is 6.96. The fraction of sp³-hybridized carbons (Fsp3) is 0.414. The molecule has 206 valence electrons. The van der Waals surface area contributed by atoms with Crippen molar-refractivity contribution in [1.29, 1.82) is 0 Å². The van der Waals surface area contributed by atoms with Crippen molar-refractivity contribution >= 4 is 17.6 Å². The first-order valence-electron chi connectivity index (χ1n) is 12.8. The van der Waals surface area contributed by atoms with E-state index in [1.807, 2.05) is 35.2 Å². The maximum Gasteiger partial charge on any atom is 0.416 e. The van der Waals surface area contributed by atoms with Crippen LogP contribution in [0.25, 0.3) is 11.3 Å². The van der Waals surface area contributed by atoms with E-state index in [1.54, 1.807) is 39.0 Å². The minimum atomic E-state index is -1.06. The lowest BCUT2D eigenvalue weighted by molar-refractivity contribution is 0.0460. The number of carbonyl (C=O) groups is 1. The number of methoxy groups -OCH3 is 1. The summed E-state index contributed by atoms with van der Waals surface area (Å²) in [5.74, 6) is -0.275. The fourth-order valence-electron chi connectivity index (χ4n) is 5.22. The third-order valence-corrected chi connectivity index (χ3v) is 6.96. The quantitative estimate of drug-likeness (QED) is 0.407. The number of anilines is 2. The molecule has 10 heteroatoms. The molecule has 8 nitrogen and oxygen atoms in total. The Morgan fingerprint density at radius 3 is 2.59 bits per heavy atom. The van der Waals surface area contributed by atoms with Crippen LogP contribution in [0.2, 0.25) is 0 Å². The minimum absolute atomic E-state index is 0.0217. The van der Waals surface area contributed by atoms with Gasteiger partial charge in [0.25, 0.3) is 0 Å². The van der Waals surface area contributed by atoms with Gasteiger partial charge in [-0.15, -0.1) is 10.2 Å². The number of nitrogens with zero attached hydrogens (tertiary/aromatic N) is 4. The zero-order valence-corrected chi connectivity index (χ0v) is 22.5. The first-order chi connectivity index (χ1) is 18.6. The van der Waals surface area contributed by atoms with E-state index in [0.29, 0.717) is 36.5 Å². The molecule has 0 aliphatic carbocycles. The number of fused-ring (bicyclic) bond motifs is 3. The monoisotopic (exact) mass is 538 g/mol. The van der Waals surface area contributed by atoms with E-state index >= 15 is 4.39 Å². The molecular formula is C29H32F2N4O4. The van der Waals surface area contributed by atoms with Crippen LogP contribution in [0.4, 0.5) is 25.1 Å². The number of hydrogen-bond donors (Lipinski definition) is 0. The number of hydrogen-bond acceptors (Lipinski definition) is 7. The Morgan fingerprint density at radius 2 is 1.90 bits per heavy atom. The van der Waals surface area contributed by atoms with E-state index in [2.05, 4.69) is 10.2 Å². The van der Waals surface area contributed by atoms with E-state index in [0.717, 1.165) is 5.56 Å². The Labute approximate surface area is 226 Å². The van der Waals surface area contributed by atoms with Crippen LogP contribution in [-0.2, 0) is 16.1 Å². The fourth-order valence-corrected chi connectivity index (χ4v) is 5.22. The molecule has 0 saturated carbocycles. The van der Waals surface area contributed by atoms with Crippen LogP contribution >= 0.6 is 0 Å². The van der Waals surface area contributed by atoms with Gasteiger partial charge in [0.1, 0.15) is 12.3 Å². The molecule has 2 aromatic carbocycles. The first-order valence-corrected chi connectivity index (χ1v) is 12.8. The average Bonchev–Trinajstić information content (AvgIpc) is 3.30. The highest BCUT2D eigenvalue weighted by atomic mass is 19.1. The molecule has 2 aliphatic heterocycles. The lowest BCUT2D eigenvalue weighted by Gasteiger charge is -2.46. The van der Waals surface area contributed by atoms with E-state index in [4.69, 9.17) is 14.2 Å². The molecule has 2 atom stereocenters. The number of benzene rings is 2. The Bertz CT molecular complexity index is 1350. The molecule has 1 amide bonds. The van der Waals surface area contributed by atoms with Crippen molar-refractivity contribution in [1.82, 2.24) is 10.2 Å². The summed E-state index contributed by atoms with van der Waals surface area (Å²) in [7, 11) is 1.38. The van der Waals surface area contributed by atoms with Gasteiger partial charge >= 0.3 is 6.09 Å². The normalized spacial score (nSPS) is 20.4. The standard InChI is InChI=1S/C29H32F2N4O4/c1-28(2,3)39-27(36)34-18-29(17-30)14-20(38-16-19-9-6-5-7-10-19)15-35(29)24-13-23(32-33-26(24)34)21-11-8-12-22(31)25(21)37-4/h5-13,20H,14-18H2,1-4H3/t20-,29-/m1/s1. The Morgan fingerprint density at radius 1 is 1.13 bits per heavy atom. The molecule has 0 unspecified atom stereocenters. The summed E-state index contributed by atoms with van der Waals surface area (Å²) in [6.07, 6.45) is -0.585. The van der Waals surface area contributed by atoms with Gasteiger partial charge < -0.3 is 19.1 Å². The molecule has 5 rings (SSSR count). The van der Waals surface area contributed by atoms with Gasteiger partial charge in [0.15, 0.2) is 17.4 Å². The molecule has 1 aromatic heterocycles. The van der Waals surface area contributed by atoms with Crippen LogP contribution in [0.1, 0.15) is 32.8 Å². The summed E-state index contributed by atoms with van der Waals surface area (Å²) < 4.78 is 46.7. The third kappa shape index (κ3) is 5.25. The van der Waals surface area contributed by atoms with E-state index in [-0.39, 0.29) is 24.2 Å². The maximum atomic E-state index is 15.0. The second-order valence-corrected chi connectivity index (χ2v) is 10.9. The smallest absolute Gasteiger partial charge is 0.416 e. The number of alkyl halides is 1. The second kappa shape index (κ2) is 10.4. The van der Waals surface area contributed by atoms with Crippen LogP contribution in [0.3, 0.4) is 0 Å². The van der Waals surface area contributed by atoms with Gasteiger partial charge in [0.05, 0.1) is 43.3 Å². The van der Waals surface area contributed by atoms with Gasteiger partial charge in [0, 0.05) is 18.5 Å².